The molecule has 0 aromatic heterocycles. The Morgan fingerprint density at radius 2 is 1.71 bits per heavy atom. The second-order valence-electron chi connectivity index (χ2n) is 6.06. The Bertz CT molecular complexity index is 309. The molecule has 0 saturated carbocycles. The fourth-order valence-corrected chi connectivity index (χ4v) is 2.57. The number of hydrogen-bond acceptors (Lipinski definition) is 3. The normalized spacial score (nSPS) is 20.8. The van der Waals surface area contributed by atoms with Crippen LogP contribution in [0.1, 0.15) is 90.4 Å². The number of epoxide rings is 1. The largest absolute Gasteiger partial charge is 0.346 e. The third-order valence-electron chi connectivity index (χ3n) is 4.02. The molecule has 0 aromatic rings. The third kappa shape index (κ3) is 10.5. The molecule has 1 aliphatic rings. The van der Waals surface area contributed by atoms with Crippen LogP contribution in [-0.2, 0) is 4.74 Å². The molecule has 3 nitrogen and oxygen atoms in total. The van der Waals surface area contributed by atoms with Gasteiger partial charge in [-0.1, -0.05) is 58.3 Å². The molecule has 1 rings (SSSR count). The number of aliphatic imine (C=N–C) groups is 1. The number of nitrogens with zero attached hydrogens (tertiary/aromatic N) is 2. The molecule has 2 atom stereocenters. The predicted molar refractivity (Wildman–Crippen MR) is 88.5 cm³/mol. The number of unbranched alkanes of at least 4 members (excludes halogenated alkanes) is 10. The zero-order valence-electron chi connectivity index (χ0n) is 13.7. The van der Waals surface area contributed by atoms with E-state index in [1.807, 2.05) is 0 Å². The van der Waals surface area contributed by atoms with E-state index < -0.39 is 0 Å². The van der Waals surface area contributed by atoms with Crippen LogP contribution in [-0.4, -0.2) is 18.5 Å². The number of nitriles is 1. The van der Waals surface area contributed by atoms with Gasteiger partial charge in [0, 0.05) is 12.6 Å². The van der Waals surface area contributed by atoms with E-state index in [1.54, 1.807) is 0 Å². The molecule has 0 aromatic carbocycles. The van der Waals surface area contributed by atoms with Crippen LogP contribution in [0.3, 0.4) is 0 Å². The van der Waals surface area contributed by atoms with Crippen molar-refractivity contribution in [2.24, 2.45) is 4.99 Å². The zero-order chi connectivity index (χ0) is 15.2. The molecule has 0 N–H and O–H groups in total. The third-order valence-corrected chi connectivity index (χ3v) is 4.02. The highest BCUT2D eigenvalue weighted by Crippen LogP contribution is 2.28. The van der Waals surface area contributed by atoms with Crippen LogP contribution < -0.4 is 0 Å². The average molecular weight is 292 g/mol. The molecule has 120 valence electrons. The minimum atomic E-state index is 0.166. The molecule has 1 heterocycles. The maximum atomic E-state index is 8.44. The first-order valence-corrected chi connectivity index (χ1v) is 8.92. The van der Waals surface area contributed by atoms with Gasteiger partial charge in [0.1, 0.15) is 6.10 Å². The van der Waals surface area contributed by atoms with Crippen molar-refractivity contribution in [2.45, 2.75) is 103 Å². The van der Waals surface area contributed by atoms with Gasteiger partial charge in [-0.2, -0.15) is 5.26 Å². The van der Waals surface area contributed by atoms with E-state index in [4.69, 9.17) is 10.00 Å². The molecule has 1 saturated heterocycles. The van der Waals surface area contributed by atoms with E-state index in [1.165, 1.54) is 57.8 Å². The maximum absolute atomic E-state index is 8.44. The Kier molecular flexibility index (Phi) is 11.1. The number of hydrogen-bond donors (Lipinski definition) is 0. The molecule has 1 aliphatic heterocycles. The van der Waals surface area contributed by atoms with Crippen LogP contribution in [0.4, 0.5) is 0 Å². The highest BCUT2D eigenvalue weighted by Gasteiger charge is 2.37. The monoisotopic (exact) mass is 292 g/mol. The van der Waals surface area contributed by atoms with Crippen LogP contribution >= 0.6 is 0 Å². The molecule has 1 fully saturated rings. The first-order valence-electron chi connectivity index (χ1n) is 8.92. The van der Waals surface area contributed by atoms with Gasteiger partial charge in [-0.15, -0.1) is 0 Å². The van der Waals surface area contributed by atoms with E-state index in [0.717, 1.165) is 19.3 Å². The summed E-state index contributed by atoms with van der Waals surface area (Å²) in [5.41, 5.74) is 0. The molecular weight excluding hydrogens is 260 g/mol. The lowest BCUT2D eigenvalue weighted by atomic mass is 10.1. The second-order valence-corrected chi connectivity index (χ2v) is 6.06. The van der Waals surface area contributed by atoms with Gasteiger partial charge in [0.15, 0.2) is 6.23 Å². The Morgan fingerprint density at radius 3 is 2.52 bits per heavy atom. The van der Waals surface area contributed by atoms with E-state index >= 15 is 0 Å². The first kappa shape index (κ1) is 18.2. The maximum Gasteiger partial charge on any atom is 0.174 e. The van der Waals surface area contributed by atoms with Crippen molar-refractivity contribution in [2.75, 3.05) is 0 Å². The van der Waals surface area contributed by atoms with Crippen molar-refractivity contribution >= 4 is 6.21 Å². The Labute approximate surface area is 130 Å². The van der Waals surface area contributed by atoms with E-state index in [2.05, 4.69) is 24.2 Å². The van der Waals surface area contributed by atoms with E-state index in [0.29, 0.717) is 12.5 Å². The average Bonchev–Trinajstić information content (AvgIpc) is 3.24. The lowest BCUT2D eigenvalue weighted by molar-refractivity contribution is 0.361. The van der Waals surface area contributed by atoms with E-state index in [-0.39, 0.29) is 6.23 Å². The summed E-state index contributed by atoms with van der Waals surface area (Å²) in [6.07, 6.45) is 18.2. The molecule has 0 aliphatic carbocycles. The van der Waals surface area contributed by atoms with Gasteiger partial charge in [0.2, 0.25) is 0 Å². The first-order chi connectivity index (χ1) is 10.4. The van der Waals surface area contributed by atoms with Crippen LogP contribution in [0.2, 0.25) is 0 Å². The van der Waals surface area contributed by atoms with Gasteiger partial charge in [-0.3, -0.25) is 4.99 Å². The Hall–Kier alpha value is -0.880. The second kappa shape index (κ2) is 12.8. The molecule has 0 amide bonds. The standard InChI is InChI=1S/C18H32N2O/c1-2-3-4-5-10-13-16-20-18-17(21-18)14-11-8-6-7-9-12-15-19/h16-18H,2-14H2,1H3/b20-16+/t17-,18-/m0/s1. The summed E-state index contributed by atoms with van der Waals surface area (Å²) in [7, 11) is 0. The van der Waals surface area contributed by atoms with Crippen molar-refractivity contribution in [3.8, 4) is 6.07 Å². The van der Waals surface area contributed by atoms with Crippen molar-refractivity contribution in [1.82, 2.24) is 0 Å². The van der Waals surface area contributed by atoms with E-state index in [9.17, 15) is 0 Å². The fourth-order valence-electron chi connectivity index (χ4n) is 2.57. The van der Waals surface area contributed by atoms with Gasteiger partial charge >= 0.3 is 0 Å². The van der Waals surface area contributed by atoms with Crippen LogP contribution in [0.15, 0.2) is 4.99 Å². The molecule has 0 bridgehead atoms. The van der Waals surface area contributed by atoms with Crippen LogP contribution in [0.5, 0.6) is 0 Å². The van der Waals surface area contributed by atoms with Crippen LogP contribution in [0.25, 0.3) is 0 Å². The minimum absolute atomic E-state index is 0.166. The van der Waals surface area contributed by atoms with Gasteiger partial charge < -0.3 is 4.74 Å². The Balaban J connectivity index is 1.82. The molecule has 3 heteroatoms. The fraction of sp³-hybridized carbons (Fsp3) is 0.889. The predicted octanol–water partition coefficient (Wildman–Crippen LogP) is 5.40. The van der Waals surface area contributed by atoms with Crippen molar-refractivity contribution < 1.29 is 4.74 Å². The number of rotatable bonds is 14. The molecule has 21 heavy (non-hydrogen) atoms. The molecule has 0 unspecified atom stereocenters. The van der Waals surface area contributed by atoms with Crippen molar-refractivity contribution in [3.63, 3.8) is 0 Å². The minimum Gasteiger partial charge on any atom is -0.346 e. The summed E-state index contributed by atoms with van der Waals surface area (Å²) in [6, 6.07) is 2.20. The summed E-state index contributed by atoms with van der Waals surface area (Å²) in [4.78, 5) is 4.49. The van der Waals surface area contributed by atoms with Gasteiger partial charge in [-0.05, 0) is 25.7 Å². The Morgan fingerprint density at radius 1 is 1.00 bits per heavy atom. The van der Waals surface area contributed by atoms with Gasteiger partial charge in [0.05, 0.1) is 6.07 Å². The lowest BCUT2D eigenvalue weighted by Gasteiger charge is -1.97. The van der Waals surface area contributed by atoms with Gasteiger partial charge in [-0.25, -0.2) is 0 Å². The lowest BCUT2D eigenvalue weighted by Crippen LogP contribution is -1.92. The van der Waals surface area contributed by atoms with Crippen molar-refractivity contribution in [3.05, 3.63) is 0 Å². The summed E-state index contributed by atoms with van der Waals surface area (Å²) in [5.74, 6) is 0. The molecule has 0 spiro atoms. The number of ether oxygens (including phenoxy) is 1. The highest BCUT2D eigenvalue weighted by atomic mass is 16.6. The summed E-state index contributed by atoms with van der Waals surface area (Å²) >= 11 is 0. The highest BCUT2D eigenvalue weighted by molar-refractivity contribution is 5.57. The summed E-state index contributed by atoms with van der Waals surface area (Å²) < 4.78 is 5.57. The topological polar surface area (TPSA) is 48.7 Å². The molecule has 0 radical (unpaired) electrons. The van der Waals surface area contributed by atoms with Crippen molar-refractivity contribution in [1.29, 1.82) is 5.26 Å². The van der Waals surface area contributed by atoms with Crippen LogP contribution in [0, 0.1) is 11.3 Å². The smallest absolute Gasteiger partial charge is 0.174 e. The summed E-state index contributed by atoms with van der Waals surface area (Å²) in [6.45, 7) is 2.25. The molecular formula is C18H32N2O. The summed E-state index contributed by atoms with van der Waals surface area (Å²) in [5, 5.41) is 8.44. The van der Waals surface area contributed by atoms with Gasteiger partial charge in [0.25, 0.3) is 0 Å². The quantitative estimate of drug-likeness (QED) is 0.244. The zero-order valence-corrected chi connectivity index (χ0v) is 13.7. The SMILES string of the molecule is CCCCCCC/C=N/[C@H]1O[C@H]1CCCCCCCC#N.